The molecule has 3 aliphatic heterocycles. The maximum Gasteiger partial charge on any atom is 0.311 e. The lowest BCUT2D eigenvalue weighted by Gasteiger charge is -2.45. The van der Waals surface area contributed by atoms with E-state index < -0.39 is 110 Å². The molecule has 0 aromatic carbocycles. The SMILES string of the molecule is CCC[C@@H]1C\C=C/C=C/C=C/C=C/[C@@H](O[C@H]2O[C@H](C)[C@@H](O)[C@H](N)[C@@H]2O)CC2O[C@](O)(C[C@@H](O)CCCC(=O)C[C@H](O)[C@H](CC)C(=O)O1)C[C@@H](O)[C@H]2C(=O)O. The Labute approximate surface area is 317 Å². The summed E-state index contributed by atoms with van der Waals surface area (Å²) in [5.74, 6) is -6.81. The predicted molar refractivity (Wildman–Crippen MR) is 195 cm³/mol. The molecule has 0 radical (unpaired) electrons. The van der Waals surface area contributed by atoms with Crippen molar-refractivity contribution in [3.8, 4) is 0 Å². The number of carboxylic acids is 1. The summed E-state index contributed by atoms with van der Waals surface area (Å²) < 4.78 is 23.4. The number of aliphatic carboxylic acids is 1. The number of ketones is 1. The summed E-state index contributed by atoms with van der Waals surface area (Å²) in [6.07, 6.45) is 2.99. The first-order chi connectivity index (χ1) is 25.6. The van der Waals surface area contributed by atoms with Gasteiger partial charge < -0.3 is 60.4 Å². The highest BCUT2D eigenvalue weighted by Gasteiger charge is 2.50. The van der Waals surface area contributed by atoms with E-state index in [2.05, 4.69) is 0 Å². The van der Waals surface area contributed by atoms with Crippen LogP contribution in [0.1, 0.15) is 91.4 Å². The van der Waals surface area contributed by atoms with Gasteiger partial charge >= 0.3 is 11.9 Å². The zero-order chi connectivity index (χ0) is 40.0. The van der Waals surface area contributed by atoms with Gasteiger partial charge in [-0.05, 0) is 32.6 Å². The average Bonchev–Trinajstić information content (AvgIpc) is 3.08. The van der Waals surface area contributed by atoms with Crippen molar-refractivity contribution < 1.29 is 69.1 Å². The molecule has 2 fully saturated rings. The highest BCUT2D eigenvalue weighted by molar-refractivity contribution is 5.80. The van der Waals surface area contributed by atoms with Crippen LogP contribution in [0.15, 0.2) is 48.6 Å². The van der Waals surface area contributed by atoms with Crippen molar-refractivity contribution in [2.24, 2.45) is 17.6 Å². The molecule has 0 amide bonds. The molecule has 1 unspecified atom stereocenters. The van der Waals surface area contributed by atoms with Gasteiger partial charge in [0.25, 0.3) is 0 Å². The van der Waals surface area contributed by atoms with Gasteiger partial charge in [-0.1, -0.05) is 68.9 Å². The normalized spacial score (nSPS) is 42.3. The van der Waals surface area contributed by atoms with Crippen LogP contribution in [-0.2, 0) is 33.3 Å². The Kier molecular flexibility index (Phi) is 18.6. The topological polar surface area (TPSA) is 256 Å². The maximum absolute atomic E-state index is 13.0. The van der Waals surface area contributed by atoms with E-state index in [1.165, 1.54) is 0 Å². The van der Waals surface area contributed by atoms with E-state index in [-0.39, 0.29) is 44.3 Å². The third-order valence-corrected chi connectivity index (χ3v) is 10.2. The van der Waals surface area contributed by atoms with Crippen LogP contribution in [0, 0.1) is 11.8 Å². The third-order valence-electron chi connectivity index (χ3n) is 10.2. The van der Waals surface area contributed by atoms with Crippen LogP contribution in [0.3, 0.4) is 0 Å². The molecule has 15 nitrogen and oxygen atoms in total. The molecule has 0 spiro atoms. The summed E-state index contributed by atoms with van der Waals surface area (Å²) in [6, 6.07) is -1.10. The largest absolute Gasteiger partial charge is 0.481 e. The number of aliphatic hydroxyl groups is 6. The van der Waals surface area contributed by atoms with Gasteiger partial charge in [-0.3, -0.25) is 14.4 Å². The van der Waals surface area contributed by atoms with Crippen LogP contribution in [0.5, 0.6) is 0 Å². The number of Topliss-reactive ketones (excluding diaryl/α,β-unsaturated/α-hetero) is 1. The number of carbonyl (C=O) groups excluding carboxylic acids is 2. The Balaban J connectivity index is 1.90. The molecule has 2 saturated heterocycles. The summed E-state index contributed by atoms with van der Waals surface area (Å²) in [5, 5.41) is 75.1. The molecule has 0 aromatic heterocycles. The number of carbonyl (C=O) groups is 3. The number of allylic oxidation sites excluding steroid dienone is 6. The minimum absolute atomic E-state index is 0.0177. The van der Waals surface area contributed by atoms with E-state index in [1.807, 2.05) is 13.0 Å². The van der Waals surface area contributed by atoms with Crippen molar-refractivity contribution in [1.29, 1.82) is 0 Å². The van der Waals surface area contributed by atoms with E-state index in [0.717, 1.165) is 6.42 Å². The van der Waals surface area contributed by atoms with Gasteiger partial charge in [0, 0.05) is 38.5 Å². The van der Waals surface area contributed by atoms with E-state index >= 15 is 0 Å². The Morgan fingerprint density at radius 1 is 0.981 bits per heavy atom. The number of carboxylic acid groups (broad SMARTS) is 1. The zero-order valence-electron chi connectivity index (χ0n) is 31.5. The van der Waals surface area contributed by atoms with Crippen molar-refractivity contribution >= 4 is 17.7 Å². The molecule has 306 valence electrons. The molecule has 2 bridgehead atoms. The van der Waals surface area contributed by atoms with E-state index in [0.29, 0.717) is 12.8 Å². The first-order valence-electron chi connectivity index (χ1n) is 19.1. The molecule has 14 atom stereocenters. The van der Waals surface area contributed by atoms with Crippen molar-refractivity contribution in [3.05, 3.63) is 48.6 Å². The minimum atomic E-state index is -2.15. The third kappa shape index (κ3) is 13.7. The van der Waals surface area contributed by atoms with Crippen molar-refractivity contribution in [2.75, 3.05) is 0 Å². The monoisotopic (exact) mass is 767 g/mol. The number of ether oxygens (including phenoxy) is 4. The van der Waals surface area contributed by atoms with Crippen LogP contribution < -0.4 is 5.73 Å². The van der Waals surface area contributed by atoms with Gasteiger partial charge in [0.15, 0.2) is 12.1 Å². The number of aliphatic hydroxyl groups excluding tert-OH is 5. The Bertz CT molecular complexity index is 1320. The van der Waals surface area contributed by atoms with Gasteiger partial charge in [0.1, 0.15) is 23.9 Å². The number of nitrogens with two attached hydrogens (primary N) is 1. The van der Waals surface area contributed by atoms with Gasteiger partial charge in [0.05, 0.1) is 54.7 Å². The Morgan fingerprint density at radius 3 is 2.33 bits per heavy atom. The second kappa shape index (κ2) is 22.0. The van der Waals surface area contributed by atoms with Gasteiger partial charge in [-0.15, -0.1) is 0 Å². The molecule has 3 aliphatic rings. The van der Waals surface area contributed by atoms with Crippen molar-refractivity contribution in [1.82, 2.24) is 0 Å². The highest BCUT2D eigenvalue weighted by Crippen LogP contribution is 2.38. The number of hydrogen-bond donors (Lipinski definition) is 8. The highest BCUT2D eigenvalue weighted by atomic mass is 16.7. The van der Waals surface area contributed by atoms with Gasteiger partial charge in [-0.2, -0.15) is 0 Å². The Hall–Kier alpha value is -2.83. The molecular weight excluding hydrogens is 706 g/mol. The number of cyclic esters (lactones) is 1. The molecule has 3 rings (SSSR count). The molecule has 0 saturated carbocycles. The molecule has 9 N–H and O–H groups in total. The van der Waals surface area contributed by atoms with Crippen LogP contribution >= 0.6 is 0 Å². The second-order valence-corrected chi connectivity index (χ2v) is 14.7. The van der Waals surface area contributed by atoms with Crippen LogP contribution in [0.4, 0.5) is 0 Å². The lowest BCUT2D eigenvalue weighted by molar-refractivity contribution is -0.308. The smallest absolute Gasteiger partial charge is 0.311 e. The van der Waals surface area contributed by atoms with Crippen LogP contribution in [-0.4, -0.2) is 127 Å². The van der Waals surface area contributed by atoms with E-state index in [9.17, 15) is 50.1 Å². The number of hydrogen-bond acceptors (Lipinski definition) is 14. The summed E-state index contributed by atoms with van der Waals surface area (Å²) in [5.41, 5.74) is 6.00. The van der Waals surface area contributed by atoms with Crippen LogP contribution in [0.2, 0.25) is 0 Å². The Morgan fingerprint density at radius 2 is 1.67 bits per heavy atom. The number of rotatable bonds is 6. The molecular formula is C39H61NO14. The zero-order valence-corrected chi connectivity index (χ0v) is 31.5. The first kappa shape index (κ1) is 45.6. The van der Waals surface area contributed by atoms with Crippen molar-refractivity contribution in [2.45, 2.75) is 164 Å². The summed E-state index contributed by atoms with van der Waals surface area (Å²) >= 11 is 0. The molecule has 0 aliphatic carbocycles. The van der Waals surface area contributed by atoms with Gasteiger partial charge in [0.2, 0.25) is 0 Å². The number of fused-ring (bicyclic) bond motifs is 2. The molecule has 0 aromatic rings. The average molecular weight is 768 g/mol. The minimum Gasteiger partial charge on any atom is -0.481 e. The fraction of sp³-hybridized carbons (Fsp3) is 0.718. The van der Waals surface area contributed by atoms with E-state index in [1.54, 1.807) is 56.4 Å². The molecule has 15 heteroatoms. The summed E-state index contributed by atoms with van der Waals surface area (Å²) in [7, 11) is 0. The lowest BCUT2D eigenvalue weighted by Crippen LogP contribution is -2.61. The maximum atomic E-state index is 13.0. The molecule has 3 heterocycles. The predicted octanol–water partition coefficient (Wildman–Crippen LogP) is 1.70. The number of esters is 1. The first-order valence-corrected chi connectivity index (χ1v) is 19.1. The quantitative estimate of drug-likeness (QED) is 0.179. The lowest BCUT2D eigenvalue weighted by atomic mass is 9.83. The summed E-state index contributed by atoms with van der Waals surface area (Å²) in [6.45, 7) is 5.27. The fourth-order valence-electron chi connectivity index (χ4n) is 7.15. The fourth-order valence-corrected chi connectivity index (χ4v) is 7.15. The summed E-state index contributed by atoms with van der Waals surface area (Å²) in [4.78, 5) is 38.2. The van der Waals surface area contributed by atoms with Crippen molar-refractivity contribution in [3.63, 3.8) is 0 Å². The van der Waals surface area contributed by atoms with Crippen LogP contribution in [0.25, 0.3) is 0 Å². The standard InChI is InChI=1S/C39H61NO14/c1-4-14-26-17-11-9-7-6-8-10-12-18-27(53-38-35(46)33(40)34(45)23(3)51-38)20-31-32(36(47)48)30(44)22-39(50,54-31)21-25(42)16-13-15-24(41)19-29(43)28(5-2)37(49)52-26/h6-12,18,23,25-35,38,42-46,50H,4-5,13-17,19-22,40H2,1-3H3,(H,47,48)/b7-6+,10-8+,11-9-,18-12+/t23-,25+,26-,27-,28+,29+,30-,31?,32-,33+,34-,35+,38-,39-/m1/s1. The van der Waals surface area contributed by atoms with Gasteiger partial charge in [-0.25, -0.2) is 0 Å². The second-order valence-electron chi connectivity index (χ2n) is 14.7. The molecule has 54 heavy (non-hydrogen) atoms. The van der Waals surface area contributed by atoms with E-state index in [4.69, 9.17) is 24.7 Å².